The monoisotopic (exact) mass is 330 g/mol. The average Bonchev–Trinajstić information content (AvgIpc) is 3.06. The lowest BCUT2D eigenvalue weighted by molar-refractivity contribution is 0.0518. The molecule has 2 N–H and O–H groups in total. The van der Waals surface area contributed by atoms with Crippen LogP contribution >= 0.6 is 0 Å². The Labute approximate surface area is 140 Å². The summed E-state index contributed by atoms with van der Waals surface area (Å²) in [6.45, 7) is 5.31. The van der Waals surface area contributed by atoms with Gasteiger partial charge >= 0.3 is 0 Å². The molecule has 0 radical (unpaired) electrons. The number of nitrogens with two attached hydrogens (primary N) is 1. The summed E-state index contributed by atoms with van der Waals surface area (Å²) < 4.78 is 10.4. The normalized spacial score (nSPS) is 20.0. The predicted molar refractivity (Wildman–Crippen MR) is 88.6 cm³/mol. The number of piperidine rings is 1. The minimum atomic E-state index is -0.229. The SMILES string of the molecule is COc1cccc(-c2nc(C(=O)N3CCC(N)C(C)(C)C3)no2)c1. The first-order valence-corrected chi connectivity index (χ1v) is 7.94. The lowest BCUT2D eigenvalue weighted by Gasteiger charge is -2.42. The lowest BCUT2D eigenvalue weighted by Crippen LogP contribution is -2.54. The van der Waals surface area contributed by atoms with E-state index in [1.165, 1.54) is 0 Å². The van der Waals surface area contributed by atoms with Crippen LogP contribution in [0.2, 0.25) is 0 Å². The third kappa shape index (κ3) is 3.12. The van der Waals surface area contributed by atoms with Crippen LogP contribution in [0.1, 0.15) is 30.9 Å². The van der Waals surface area contributed by atoms with Gasteiger partial charge in [0.15, 0.2) is 0 Å². The minimum absolute atomic E-state index is 0.0686. The number of ether oxygens (including phenoxy) is 1. The number of hydrogen-bond acceptors (Lipinski definition) is 6. The van der Waals surface area contributed by atoms with Crippen molar-refractivity contribution in [1.82, 2.24) is 15.0 Å². The Morgan fingerprint density at radius 1 is 1.46 bits per heavy atom. The highest BCUT2D eigenvalue weighted by atomic mass is 16.5. The number of rotatable bonds is 3. The maximum atomic E-state index is 12.6. The standard InChI is InChI=1S/C17H22N4O3/c1-17(2)10-21(8-7-13(17)18)16(22)14-19-15(24-20-14)11-5-4-6-12(9-11)23-3/h4-6,9,13H,7-8,10,18H2,1-3H3. The summed E-state index contributed by atoms with van der Waals surface area (Å²) in [4.78, 5) is 18.6. The molecular weight excluding hydrogens is 308 g/mol. The molecule has 1 atom stereocenters. The summed E-state index contributed by atoms with van der Waals surface area (Å²) in [6, 6.07) is 7.34. The fourth-order valence-electron chi connectivity index (χ4n) is 2.87. The van der Waals surface area contributed by atoms with Gasteiger partial charge in [0.05, 0.1) is 7.11 Å². The molecule has 2 aromatic rings. The molecule has 7 heteroatoms. The summed E-state index contributed by atoms with van der Waals surface area (Å²) in [5, 5.41) is 3.84. The van der Waals surface area contributed by atoms with Crippen molar-refractivity contribution in [3.05, 3.63) is 30.1 Å². The number of carbonyl (C=O) groups is 1. The third-order valence-corrected chi connectivity index (χ3v) is 4.53. The van der Waals surface area contributed by atoms with Gasteiger partial charge in [-0.3, -0.25) is 4.79 Å². The smallest absolute Gasteiger partial charge is 0.295 e. The summed E-state index contributed by atoms with van der Waals surface area (Å²) in [7, 11) is 1.59. The second kappa shape index (κ2) is 6.24. The van der Waals surface area contributed by atoms with Crippen molar-refractivity contribution >= 4 is 5.91 Å². The van der Waals surface area contributed by atoms with Crippen LogP contribution in [0.4, 0.5) is 0 Å². The molecule has 1 aromatic heterocycles. The van der Waals surface area contributed by atoms with E-state index in [4.69, 9.17) is 15.0 Å². The molecule has 2 heterocycles. The van der Waals surface area contributed by atoms with E-state index >= 15 is 0 Å². The molecule has 0 aliphatic carbocycles. The van der Waals surface area contributed by atoms with E-state index in [0.717, 1.165) is 6.42 Å². The molecule has 7 nitrogen and oxygen atoms in total. The first-order valence-electron chi connectivity index (χ1n) is 7.94. The van der Waals surface area contributed by atoms with Crippen molar-refractivity contribution in [2.75, 3.05) is 20.2 Å². The molecule has 1 saturated heterocycles. The Kier molecular flexibility index (Phi) is 4.28. The molecule has 0 bridgehead atoms. The van der Waals surface area contributed by atoms with Crippen molar-refractivity contribution in [3.63, 3.8) is 0 Å². The van der Waals surface area contributed by atoms with E-state index in [1.807, 2.05) is 18.2 Å². The van der Waals surface area contributed by atoms with Crippen molar-refractivity contribution in [2.24, 2.45) is 11.1 Å². The van der Waals surface area contributed by atoms with E-state index < -0.39 is 0 Å². The van der Waals surface area contributed by atoms with Gasteiger partial charge in [0, 0.05) is 24.7 Å². The van der Waals surface area contributed by atoms with Crippen LogP contribution in [-0.4, -0.2) is 47.2 Å². The van der Waals surface area contributed by atoms with E-state index in [9.17, 15) is 4.79 Å². The summed E-state index contributed by atoms with van der Waals surface area (Å²) >= 11 is 0. The highest BCUT2D eigenvalue weighted by molar-refractivity contribution is 5.90. The Morgan fingerprint density at radius 2 is 2.25 bits per heavy atom. The van der Waals surface area contributed by atoms with Crippen LogP contribution in [0.5, 0.6) is 5.75 Å². The van der Waals surface area contributed by atoms with Crippen LogP contribution in [0.15, 0.2) is 28.8 Å². The van der Waals surface area contributed by atoms with Crippen LogP contribution < -0.4 is 10.5 Å². The molecule has 1 aromatic carbocycles. The zero-order valence-corrected chi connectivity index (χ0v) is 14.2. The number of likely N-dealkylation sites (tertiary alicyclic amines) is 1. The number of benzene rings is 1. The number of hydrogen-bond donors (Lipinski definition) is 1. The minimum Gasteiger partial charge on any atom is -0.497 e. The van der Waals surface area contributed by atoms with E-state index in [2.05, 4.69) is 24.0 Å². The average molecular weight is 330 g/mol. The van der Waals surface area contributed by atoms with Crippen LogP contribution in [0.25, 0.3) is 11.5 Å². The first kappa shape index (κ1) is 16.4. The summed E-state index contributed by atoms with van der Waals surface area (Å²) in [5.74, 6) is 0.822. The van der Waals surface area contributed by atoms with Gasteiger partial charge in [0.25, 0.3) is 17.6 Å². The van der Waals surface area contributed by atoms with E-state index in [0.29, 0.717) is 30.3 Å². The molecule has 1 aliphatic heterocycles. The number of carbonyl (C=O) groups excluding carboxylic acids is 1. The van der Waals surface area contributed by atoms with Crippen molar-refractivity contribution in [2.45, 2.75) is 26.3 Å². The number of aromatic nitrogens is 2. The first-order chi connectivity index (χ1) is 11.4. The summed E-state index contributed by atoms with van der Waals surface area (Å²) in [5.41, 5.74) is 6.70. The second-order valence-electron chi connectivity index (χ2n) is 6.77. The molecular formula is C17H22N4O3. The van der Waals surface area contributed by atoms with Crippen LogP contribution in [0.3, 0.4) is 0 Å². The Bertz CT molecular complexity index is 741. The van der Waals surface area contributed by atoms with Gasteiger partial charge in [-0.05, 0) is 30.0 Å². The Hall–Kier alpha value is -2.41. The quantitative estimate of drug-likeness (QED) is 0.924. The third-order valence-electron chi connectivity index (χ3n) is 4.53. The van der Waals surface area contributed by atoms with Gasteiger partial charge in [0.2, 0.25) is 0 Å². The molecule has 1 fully saturated rings. The molecule has 0 saturated carbocycles. The van der Waals surface area contributed by atoms with Crippen molar-refractivity contribution in [1.29, 1.82) is 0 Å². The Balaban J connectivity index is 1.79. The maximum Gasteiger partial charge on any atom is 0.295 e. The lowest BCUT2D eigenvalue weighted by atomic mass is 9.79. The maximum absolute atomic E-state index is 12.6. The fraction of sp³-hybridized carbons (Fsp3) is 0.471. The number of nitrogens with zero attached hydrogens (tertiary/aromatic N) is 3. The molecule has 0 spiro atoms. The number of methoxy groups -OCH3 is 1. The van der Waals surface area contributed by atoms with Gasteiger partial charge in [0.1, 0.15) is 5.75 Å². The molecule has 1 amide bonds. The zero-order chi connectivity index (χ0) is 17.3. The van der Waals surface area contributed by atoms with Gasteiger partial charge in [-0.2, -0.15) is 4.98 Å². The highest BCUT2D eigenvalue weighted by Gasteiger charge is 2.36. The van der Waals surface area contributed by atoms with Gasteiger partial charge in [-0.1, -0.05) is 25.1 Å². The largest absolute Gasteiger partial charge is 0.497 e. The molecule has 3 rings (SSSR count). The topological polar surface area (TPSA) is 94.5 Å². The van der Waals surface area contributed by atoms with E-state index in [1.54, 1.807) is 18.1 Å². The van der Waals surface area contributed by atoms with E-state index in [-0.39, 0.29) is 23.2 Å². The highest BCUT2D eigenvalue weighted by Crippen LogP contribution is 2.29. The fourth-order valence-corrected chi connectivity index (χ4v) is 2.87. The van der Waals surface area contributed by atoms with Gasteiger partial charge < -0.3 is 19.9 Å². The summed E-state index contributed by atoms with van der Waals surface area (Å²) in [6.07, 6.45) is 0.763. The van der Waals surface area contributed by atoms with Crippen molar-refractivity contribution < 1.29 is 14.1 Å². The van der Waals surface area contributed by atoms with Crippen LogP contribution in [-0.2, 0) is 0 Å². The number of amides is 1. The van der Waals surface area contributed by atoms with Gasteiger partial charge in [-0.25, -0.2) is 0 Å². The second-order valence-corrected chi connectivity index (χ2v) is 6.77. The predicted octanol–water partition coefficient (Wildman–Crippen LogP) is 1.94. The molecule has 128 valence electrons. The molecule has 1 aliphatic rings. The zero-order valence-electron chi connectivity index (χ0n) is 14.2. The van der Waals surface area contributed by atoms with Crippen LogP contribution in [0, 0.1) is 5.41 Å². The molecule has 1 unspecified atom stereocenters. The molecule has 24 heavy (non-hydrogen) atoms. The Morgan fingerprint density at radius 3 is 2.96 bits per heavy atom. The van der Waals surface area contributed by atoms with Crippen molar-refractivity contribution in [3.8, 4) is 17.2 Å². The van der Waals surface area contributed by atoms with Gasteiger partial charge in [-0.15, -0.1) is 0 Å².